The number of likely N-dealkylation sites (tertiary alicyclic amines) is 1. The summed E-state index contributed by atoms with van der Waals surface area (Å²) < 4.78 is 7.53. The summed E-state index contributed by atoms with van der Waals surface area (Å²) in [5, 5.41) is 0. The fourth-order valence-corrected chi connectivity index (χ4v) is 3.49. The average molecular weight is 369 g/mol. The van der Waals surface area contributed by atoms with Crippen LogP contribution in [0.25, 0.3) is 0 Å². The van der Waals surface area contributed by atoms with Crippen LogP contribution in [0.5, 0.6) is 0 Å². The zero-order valence-corrected chi connectivity index (χ0v) is 16.2. The molecule has 0 radical (unpaired) electrons. The highest BCUT2D eigenvalue weighted by atomic mass is 16.5. The lowest BCUT2D eigenvalue weighted by Crippen LogP contribution is -2.43. The summed E-state index contributed by atoms with van der Waals surface area (Å²) >= 11 is 0. The molecular formula is C21H27N3O3. The summed E-state index contributed by atoms with van der Waals surface area (Å²) in [6.45, 7) is 5.81. The number of carbonyl (C=O) groups excluding carboxylic acids is 1. The Bertz CT molecular complexity index is 837. The first-order chi connectivity index (χ1) is 13.0. The van der Waals surface area contributed by atoms with Crippen molar-refractivity contribution in [2.75, 3.05) is 13.1 Å². The second kappa shape index (κ2) is 8.48. The molecule has 1 amide bonds. The van der Waals surface area contributed by atoms with Gasteiger partial charge in [-0.25, -0.2) is 0 Å². The van der Waals surface area contributed by atoms with Crippen LogP contribution in [0, 0.1) is 0 Å². The molecule has 0 bridgehead atoms. The maximum Gasteiger partial charge on any atom is 0.263 e. The predicted octanol–water partition coefficient (Wildman–Crippen LogP) is 2.73. The van der Waals surface area contributed by atoms with E-state index in [-0.39, 0.29) is 29.1 Å². The van der Waals surface area contributed by atoms with Crippen molar-refractivity contribution < 1.29 is 9.53 Å². The first kappa shape index (κ1) is 19.3. The molecule has 0 atom stereocenters. The van der Waals surface area contributed by atoms with Gasteiger partial charge in [0.05, 0.1) is 12.7 Å². The molecular weight excluding hydrogens is 342 g/mol. The average Bonchev–Trinajstić information content (AvgIpc) is 2.69. The van der Waals surface area contributed by atoms with Gasteiger partial charge in [-0.15, -0.1) is 0 Å². The maximum absolute atomic E-state index is 12.8. The number of amides is 1. The van der Waals surface area contributed by atoms with Crippen LogP contribution in [-0.4, -0.2) is 39.6 Å². The van der Waals surface area contributed by atoms with Crippen LogP contribution in [0.15, 0.2) is 41.5 Å². The first-order valence-electron chi connectivity index (χ1n) is 9.47. The van der Waals surface area contributed by atoms with Crippen LogP contribution in [0.2, 0.25) is 0 Å². The van der Waals surface area contributed by atoms with Gasteiger partial charge in [0.15, 0.2) is 0 Å². The van der Waals surface area contributed by atoms with Gasteiger partial charge in [-0.2, -0.15) is 0 Å². The fourth-order valence-electron chi connectivity index (χ4n) is 3.49. The summed E-state index contributed by atoms with van der Waals surface area (Å²) in [6.07, 6.45) is 5.22. The number of hydrogen-bond donors (Lipinski definition) is 0. The highest BCUT2D eigenvalue weighted by Gasteiger charge is 2.26. The van der Waals surface area contributed by atoms with Crippen LogP contribution >= 0.6 is 0 Å². The smallest absolute Gasteiger partial charge is 0.263 e. The first-order valence-corrected chi connectivity index (χ1v) is 9.47. The minimum Gasteiger partial charge on any atom is -0.373 e. The second-order valence-electron chi connectivity index (χ2n) is 7.35. The van der Waals surface area contributed by atoms with Crippen molar-refractivity contribution in [3.63, 3.8) is 0 Å². The van der Waals surface area contributed by atoms with Gasteiger partial charge in [0, 0.05) is 38.2 Å². The van der Waals surface area contributed by atoms with Crippen molar-refractivity contribution >= 4 is 5.91 Å². The third-order valence-corrected chi connectivity index (χ3v) is 5.10. The van der Waals surface area contributed by atoms with E-state index in [1.165, 1.54) is 0 Å². The minimum atomic E-state index is -0.221. The minimum absolute atomic E-state index is 0.125. The van der Waals surface area contributed by atoms with Crippen molar-refractivity contribution in [3.05, 3.63) is 63.8 Å². The van der Waals surface area contributed by atoms with Crippen molar-refractivity contribution in [1.29, 1.82) is 0 Å². The quantitative estimate of drug-likeness (QED) is 0.813. The van der Waals surface area contributed by atoms with Gasteiger partial charge >= 0.3 is 0 Å². The number of pyridine rings is 2. The Morgan fingerprint density at radius 3 is 2.63 bits per heavy atom. The molecule has 1 fully saturated rings. The van der Waals surface area contributed by atoms with Gasteiger partial charge in [-0.05, 0) is 42.5 Å². The topological polar surface area (TPSA) is 64.4 Å². The highest BCUT2D eigenvalue weighted by molar-refractivity contribution is 5.94. The molecule has 6 heteroatoms. The molecule has 27 heavy (non-hydrogen) atoms. The highest BCUT2D eigenvalue weighted by Crippen LogP contribution is 2.18. The van der Waals surface area contributed by atoms with E-state index < -0.39 is 0 Å². The Morgan fingerprint density at radius 1 is 1.26 bits per heavy atom. The summed E-state index contributed by atoms with van der Waals surface area (Å²) in [5.41, 5.74) is 2.00. The van der Waals surface area contributed by atoms with E-state index in [4.69, 9.17) is 4.74 Å². The van der Waals surface area contributed by atoms with Crippen molar-refractivity contribution in [1.82, 2.24) is 14.5 Å². The van der Waals surface area contributed by atoms with Gasteiger partial charge in [0.2, 0.25) is 0 Å². The largest absolute Gasteiger partial charge is 0.373 e. The molecule has 2 aromatic rings. The monoisotopic (exact) mass is 369 g/mol. The van der Waals surface area contributed by atoms with Crippen molar-refractivity contribution in [2.24, 2.45) is 7.05 Å². The lowest BCUT2D eigenvalue weighted by Gasteiger charge is -2.32. The molecule has 0 spiro atoms. The molecule has 1 aliphatic heterocycles. The van der Waals surface area contributed by atoms with Gasteiger partial charge in [0.1, 0.15) is 5.56 Å². The predicted molar refractivity (Wildman–Crippen MR) is 104 cm³/mol. The number of carbonyl (C=O) groups is 1. The van der Waals surface area contributed by atoms with E-state index in [0.717, 1.165) is 24.1 Å². The van der Waals surface area contributed by atoms with E-state index in [2.05, 4.69) is 4.98 Å². The lowest BCUT2D eigenvalue weighted by molar-refractivity contribution is -0.000519. The maximum atomic E-state index is 12.8. The Labute approximate surface area is 159 Å². The zero-order valence-electron chi connectivity index (χ0n) is 16.2. The lowest BCUT2D eigenvalue weighted by atomic mass is 10.1. The van der Waals surface area contributed by atoms with Crippen LogP contribution < -0.4 is 5.56 Å². The number of rotatable bonds is 5. The standard InChI is InChI=1S/C21H27N3O3/c1-15(2)19-7-6-18(20(25)23(19)3)21(26)24-11-8-17(9-12-24)27-14-16-5-4-10-22-13-16/h4-7,10,13,15,17H,8-9,11-12,14H2,1-3H3. The number of ether oxygens (including phenoxy) is 1. The Balaban J connectivity index is 1.59. The molecule has 3 rings (SSSR count). The third-order valence-electron chi connectivity index (χ3n) is 5.10. The van der Waals surface area contributed by atoms with Gasteiger partial charge in [0.25, 0.3) is 11.5 Å². The van der Waals surface area contributed by atoms with Gasteiger partial charge in [-0.1, -0.05) is 19.9 Å². The second-order valence-corrected chi connectivity index (χ2v) is 7.35. The molecule has 0 saturated carbocycles. The van der Waals surface area contributed by atoms with E-state index in [1.807, 2.05) is 32.0 Å². The zero-order chi connectivity index (χ0) is 19.4. The Hall–Kier alpha value is -2.47. The molecule has 0 unspecified atom stereocenters. The Kier molecular flexibility index (Phi) is 6.06. The van der Waals surface area contributed by atoms with Crippen LogP contribution in [-0.2, 0) is 18.4 Å². The van der Waals surface area contributed by atoms with Gasteiger partial charge < -0.3 is 14.2 Å². The van der Waals surface area contributed by atoms with E-state index >= 15 is 0 Å². The van der Waals surface area contributed by atoms with Crippen LogP contribution in [0.1, 0.15) is 54.2 Å². The molecule has 1 saturated heterocycles. The van der Waals surface area contributed by atoms with E-state index in [0.29, 0.717) is 19.7 Å². The van der Waals surface area contributed by atoms with Crippen molar-refractivity contribution in [2.45, 2.75) is 45.3 Å². The molecule has 0 N–H and O–H groups in total. The van der Waals surface area contributed by atoms with Crippen LogP contribution in [0.3, 0.4) is 0 Å². The number of hydrogen-bond acceptors (Lipinski definition) is 4. The van der Waals surface area contributed by atoms with E-state index in [9.17, 15) is 9.59 Å². The molecule has 3 heterocycles. The summed E-state index contributed by atoms with van der Waals surface area (Å²) in [4.78, 5) is 31.2. The third kappa shape index (κ3) is 4.45. The van der Waals surface area contributed by atoms with Crippen molar-refractivity contribution in [3.8, 4) is 0 Å². The summed E-state index contributed by atoms with van der Waals surface area (Å²) in [6, 6.07) is 7.43. The SMILES string of the molecule is CC(C)c1ccc(C(=O)N2CCC(OCc3cccnc3)CC2)c(=O)n1C. The molecule has 6 nitrogen and oxygen atoms in total. The van der Waals surface area contributed by atoms with Gasteiger partial charge in [-0.3, -0.25) is 14.6 Å². The molecule has 0 aliphatic carbocycles. The number of aromatic nitrogens is 2. The molecule has 144 valence electrons. The number of piperidine rings is 1. The molecule has 0 aromatic carbocycles. The molecule has 1 aliphatic rings. The summed E-state index contributed by atoms with van der Waals surface area (Å²) in [5.74, 6) is 0.0520. The Morgan fingerprint density at radius 2 is 2.00 bits per heavy atom. The normalized spacial score (nSPS) is 15.3. The number of nitrogens with zero attached hydrogens (tertiary/aromatic N) is 3. The fraction of sp³-hybridized carbons (Fsp3) is 0.476. The molecule has 2 aromatic heterocycles. The van der Waals surface area contributed by atoms with E-state index in [1.54, 1.807) is 35.0 Å². The summed E-state index contributed by atoms with van der Waals surface area (Å²) in [7, 11) is 1.73. The van der Waals surface area contributed by atoms with Crippen LogP contribution in [0.4, 0.5) is 0 Å².